The molecule has 2 heterocycles. The fraction of sp³-hybridized carbons (Fsp3) is 0.450. The highest BCUT2D eigenvalue weighted by atomic mass is 16.1. The Morgan fingerprint density at radius 2 is 1.73 bits per heavy atom. The molecule has 1 aromatic carbocycles. The minimum absolute atomic E-state index is 0.250. The zero-order valence-electron chi connectivity index (χ0n) is 15.5. The van der Waals surface area contributed by atoms with E-state index >= 15 is 0 Å². The molecule has 1 atom stereocenters. The van der Waals surface area contributed by atoms with Crippen LogP contribution in [0.4, 0.5) is 5.82 Å². The summed E-state index contributed by atoms with van der Waals surface area (Å²) in [5.74, 6) is 1.07. The number of nitrogens with zero attached hydrogens (tertiary/aromatic N) is 3. The molecule has 1 aromatic heterocycles. The highest BCUT2D eigenvalue weighted by Crippen LogP contribution is 2.18. The van der Waals surface area contributed by atoms with Gasteiger partial charge >= 0.3 is 0 Å². The Bertz CT molecular complexity index is 721. The molecule has 1 amide bonds. The van der Waals surface area contributed by atoms with Gasteiger partial charge in [0.1, 0.15) is 0 Å². The minimum atomic E-state index is -0.253. The van der Waals surface area contributed by atoms with Crippen molar-refractivity contribution < 1.29 is 4.79 Å². The van der Waals surface area contributed by atoms with Gasteiger partial charge in [0.2, 0.25) is 0 Å². The van der Waals surface area contributed by atoms with E-state index in [1.54, 1.807) is 6.07 Å². The van der Waals surface area contributed by atoms with E-state index in [0.717, 1.165) is 24.5 Å². The summed E-state index contributed by atoms with van der Waals surface area (Å²) < 4.78 is 0. The van der Waals surface area contributed by atoms with Gasteiger partial charge in [-0.15, -0.1) is 10.2 Å². The molecule has 26 heavy (non-hydrogen) atoms. The van der Waals surface area contributed by atoms with Crippen LogP contribution in [0.15, 0.2) is 36.4 Å². The summed E-state index contributed by atoms with van der Waals surface area (Å²) in [6, 6.07) is 11.6. The molecule has 0 aliphatic carbocycles. The van der Waals surface area contributed by atoms with Crippen LogP contribution in [0.25, 0.3) is 0 Å². The van der Waals surface area contributed by atoms with Gasteiger partial charge in [0.05, 0.1) is 0 Å². The van der Waals surface area contributed by atoms with Gasteiger partial charge in [0.15, 0.2) is 11.5 Å². The second-order valence-corrected chi connectivity index (χ2v) is 7.11. The smallest absolute Gasteiger partial charge is 0.271 e. The Hall–Kier alpha value is -2.47. The molecule has 0 spiro atoms. The predicted octanol–water partition coefficient (Wildman–Crippen LogP) is 2.63. The monoisotopic (exact) mass is 353 g/mol. The van der Waals surface area contributed by atoms with E-state index in [1.807, 2.05) is 18.2 Å². The number of hydrogen-bond acceptors (Lipinski definition) is 5. The topological polar surface area (TPSA) is 84.1 Å². The third kappa shape index (κ3) is 4.38. The maximum atomic E-state index is 12.3. The van der Waals surface area contributed by atoms with E-state index in [4.69, 9.17) is 5.73 Å². The summed E-state index contributed by atoms with van der Waals surface area (Å²) in [4.78, 5) is 14.5. The summed E-state index contributed by atoms with van der Waals surface area (Å²) in [6.45, 7) is 6.68. The fourth-order valence-electron chi connectivity index (χ4n) is 3.10. The van der Waals surface area contributed by atoms with Gasteiger partial charge in [-0.1, -0.05) is 38.1 Å². The first-order valence-electron chi connectivity index (χ1n) is 9.27. The number of nitrogens with two attached hydrogens (primary N) is 1. The van der Waals surface area contributed by atoms with Crippen molar-refractivity contribution in [3.05, 3.63) is 53.2 Å². The van der Waals surface area contributed by atoms with Crippen molar-refractivity contribution in [1.29, 1.82) is 0 Å². The molecule has 3 rings (SSSR count). The van der Waals surface area contributed by atoms with Gasteiger partial charge in [0.25, 0.3) is 5.91 Å². The molecule has 1 aliphatic heterocycles. The summed E-state index contributed by atoms with van der Waals surface area (Å²) in [6.07, 6.45) is 2.36. The van der Waals surface area contributed by atoms with Gasteiger partial charge < -0.3 is 16.0 Å². The predicted molar refractivity (Wildman–Crippen MR) is 103 cm³/mol. The molecule has 1 saturated heterocycles. The Morgan fingerprint density at radius 1 is 1.08 bits per heavy atom. The summed E-state index contributed by atoms with van der Waals surface area (Å²) in [5.41, 5.74) is 8.79. The molecular formula is C20H27N5O. The normalized spacial score (nSPS) is 15.3. The summed E-state index contributed by atoms with van der Waals surface area (Å²) in [7, 11) is 0. The fourth-order valence-corrected chi connectivity index (χ4v) is 3.10. The van der Waals surface area contributed by atoms with Crippen LogP contribution in [0.2, 0.25) is 0 Å². The number of carbonyl (C=O) groups excluding carboxylic acids is 1. The zero-order chi connectivity index (χ0) is 18.5. The number of aromatic nitrogens is 2. The van der Waals surface area contributed by atoms with Gasteiger partial charge in [0, 0.05) is 25.7 Å². The lowest BCUT2D eigenvalue weighted by molar-refractivity contribution is 0.0945. The molecule has 3 N–H and O–H groups in total. The number of carbonyl (C=O) groups is 1. The maximum Gasteiger partial charge on any atom is 0.271 e. The van der Waals surface area contributed by atoms with Crippen LogP contribution < -0.4 is 16.0 Å². The molecule has 1 unspecified atom stereocenters. The Morgan fingerprint density at radius 3 is 2.31 bits per heavy atom. The number of hydrogen-bond donors (Lipinski definition) is 2. The average molecular weight is 353 g/mol. The van der Waals surface area contributed by atoms with E-state index in [0.29, 0.717) is 18.2 Å². The SMILES string of the molecule is CC(C)c1ccc(C(N)CNC(=O)c2ccc(N3CCCC3)nn2)cc1. The lowest BCUT2D eigenvalue weighted by atomic mass is 9.99. The molecule has 6 nitrogen and oxygen atoms in total. The number of nitrogens with one attached hydrogen (secondary N) is 1. The van der Waals surface area contributed by atoms with Crippen molar-refractivity contribution in [3.8, 4) is 0 Å². The van der Waals surface area contributed by atoms with Gasteiger partial charge in [-0.2, -0.15) is 0 Å². The molecule has 1 aliphatic rings. The van der Waals surface area contributed by atoms with Crippen molar-refractivity contribution in [2.75, 3.05) is 24.5 Å². The third-order valence-corrected chi connectivity index (χ3v) is 4.83. The van der Waals surface area contributed by atoms with E-state index in [2.05, 4.69) is 46.4 Å². The van der Waals surface area contributed by atoms with Crippen LogP contribution in [-0.2, 0) is 0 Å². The number of rotatable bonds is 6. The van der Waals surface area contributed by atoms with Crippen molar-refractivity contribution in [2.24, 2.45) is 5.73 Å². The number of benzene rings is 1. The summed E-state index contributed by atoms with van der Waals surface area (Å²) >= 11 is 0. The molecule has 1 fully saturated rings. The lowest BCUT2D eigenvalue weighted by Crippen LogP contribution is -2.32. The van der Waals surface area contributed by atoms with Gasteiger partial charge in [-0.3, -0.25) is 4.79 Å². The lowest BCUT2D eigenvalue weighted by Gasteiger charge is -2.16. The average Bonchev–Trinajstić information content (AvgIpc) is 3.21. The molecular weight excluding hydrogens is 326 g/mol. The van der Waals surface area contributed by atoms with E-state index < -0.39 is 0 Å². The number of anilines is 1. The van der Waals surface area contributed by atoms with Gasteiger partial charge in [-0.05, 0) is 42.0 Å². The quantitative estimate of drug-likeness (QED) is 0.834. The molecule has 0 saturated carbocycles. The van der Waals surface area contributed by atoms with Crippen molar-refractivity contribution in [2.45, 2.75) is 38.6 Å². The van der Waals surface area contributed by atoms with Crippen molar-refractivity contribution >= 4 is 11.7 Å². The van der Waals surface area contributed by atoms with Crippen molar-refractivity contribution in [3.63, 3.8) is 0 Å². The Kier molecular flexibility index (Phi) is 5.83. The van der Waals surface area contributed by atoms with Crippen LogP contribution in [0.3, 0.4) is 0 Å². The molecule has 6 heteroatoms. The minimum Gasteiger partial charge on any atom is -0.355 e. The third-order valence-electron chi connectivity index (χ3n) is 4.83. The second kappa shape index (κ2) is 8.27. The molecule has 0 bridgehead atoms. The number of amides is 1. The summed E-state index contributed by atoms with van der Waals surface area (Å²) in [5, 5.41) is 11.1. The van der Waals surface area contributed by atoms with E-state index in [9.17, 15) is 4.79 Å². The van der Waals surface area contributed by atoms with E-state index in [1.165, 1.54) is 18.4 Å². The van der Waals surface area contributed by atoms with Crippen LogP contribution >= 0.6 is 0 Å². The Labute approximate surface area is 154 Å². The van der Waals surface area contributed by atoms with Crippen molar-refractivity contribution in [1.82, 2.24) is 15.5 Å². The maximum absolute atomic E-state index is 12.3. The Balaban J connectivity index is 1.54. The largest absolute Gasteiger partial charge is 0.355 e. The van der Waals surface area contributed by atoms with Crippen LogP contribution in [-0.4, -0.2) is 35.7 Å². The first-order chi connectivity index (χ1) is 12.5. The van der Waals surface area contributed by atoms with Crippen LogP contribution in [0, 0.1) is 0 Å². The van der Waals surface area contributed by atoms with Gasteiger partial charge in [-0.25, -0.2) is 0 Å². The zero-order valence-corrected chi connectivity index (χ0v) is 15.5. The first kappa shape index (κ1) is 18.3. The standard InChI is InChI=1S/C20H27N5O/c1-14(2)15-5-7-16(8-6-15)17(21)13-22-20(26)18-9-10-19(24-23-18)25-11-3-4-12-25/h5-10,14,17H,3-4,11-13,21H2,1-2H3,(H,22,26). The highest BCUT2D eigenvalue weighted by molar-refractivity contribution is 5.92. The molecule has 138 valence electrons. The van der Waals surface area contributed by atoms with Crippen LogP contribution in [0.5, 0.6) is 0 Å². The first-order valence-corrected chi connectivity index (χ1v) is 9.27. The second-order valence-electron chi connectivity index (χ2n) is 7.11. The molecule has 2 aromatic rings. The van der Waals surface area contributed by atoms with Crippen LogP contribution in [0.1, 0.15) is 60.3 Å². The molecule has 0 radical (unpaired) electrons. The van der Waals surface area contributed by atoms with E-state index in [-0.39, 0.29) is 11.9 Å². The highest BCUT2D eigenvalue weighted by Gasteiger charge is 2.16.